The lowest BCUT2D eigenvalue weighted by Gasteiger charge is -2.10. The number of hydrogen-bond donors (Lipinski definition) is 1. The van der Waals surface area contributed by atoms with E-state index >= 15 is 0 Å². The lowest BCUT2D eigenvalue weighted by atomic mass is 10.2. The molecule has 0 fully saturated rings. The van der Waals surface area contributed by atoms with Gasteiger partial charge in [-0.15, -0.1) is 0 Å². The van der Waals surface area contributed by atoms with Crippen molar-refractivity contribution in [3.63, 3.8) is 0 Å². The monoisotopic (exact) mass is 341 g/mol. The number of benzene rings is 2. The molecule has 0 amide bonds. The Hall–Kier alpha value is -0.480. The van der Waals surface area contributed by atoms with Gasteiger partial charge in [-0.25, -0.2) is 0 Å². The van der Waals surface area contributed by atoms with Gasteiger partial charge >= 0.3 is 0 Å². The summed E-state index contributed by atoms with van der Waals surface area (Å²) in [6.45, 7) is 0.847. The molecule has 4 heteroatoms. The van der Waals surface area contributed by atoms with Gasteiger partial charge in [-0.1, -0.05) is 57.5 Å². The van der Waals surface area contributed by atoms with Crippen molar-refractivity contribution in [2.45, 2.75) is 16.3 Å². The zero-order valence-corrected chi connectivity index (χ0v) is 13.1. The SMILES string of the molecule is CNCc1ccc(Br)cc1Sc1ccccc1Cl. The van der Waals surface area contributed by atoms with E-state index in [0.717, 1.165) is 20.9 Å². The van der Waals surface area contributed by atoms with Crippen molar-refractivity contribution in [1.82, 2.24) is 5.32 Å². The van der Waals surface area contributed by atoms with Crippen molar-refractivity contribution in [3.8, 4) is 0 Å². The van der Waals surface area contributed by atoms with Crippen molar-refractivity contribution in [2.75, 3.05) is 7.05 Å². The molecule has 0 aliphatic rings. The second-order valence-electron chi connectivity index (χ2n) is 3.81. The summed E-state index contributed by atoms with van der Waals surface area (Å²) in [5.41, 5.74) is 1.27. The summed E-state index contributed by atoms with van der Waals surface area (Å²) < 4.78 is 1.08. The van der Waals surface area contributed by atoms with Gasteiger partial charge in [0.2, 0.25) is 0 Å². The molecule has 0 saturated heterocycles. The predicted octanol–water partition coefficient (Wildman–Crippen LogP) is 4.97. The van der Waals surface area contributed by atoms with Crippen LogP contribution in [-0.4, -0.2) is 7.05 Å². The topological polar surface area (TPSA) is 12.0 Å². The first-order valence-corrected chi connectivity index (χ1v) is 7.55. The minimum Gasteiger partial charge on any atom is -0.316 e. The van der Waals surface area contributed by atoms with Crippen LogP contribution in [0.25, 0.3) is 0 Å². The average molecular weight is 343 g/mol. The zero-order chi connectivity index (χ0) is 13.0. The molecule has 0 aliphatic carbocycles. The molecule has 2 rings (SSSR count). The molecule has 0 heterocycles. The summed E-state index contributed by atoms with van der Waals surface area (Å²) in [5, 5.41) is 3.97. The van der Waals surface area contributed by atoms with Crippen LogP contribution in [0.15, 0.2) is 56.7 Å². The van der Waals surface area contributed by atoms with Gasteiger partial charge in [-0.2, -0.15) is 0 Å². The fourth-order valence-electron chi connectivity index (χ4n) is 1.61. The molecule has 0 bridgehead atoms. The second-order valence-corrected chi connectivity index (χ2v) is 6.22. The Bertz CT molecular complexity index is 545. The third-order valence-corrected chi connectivity index (χ3v) is 4.56. The largest absolute Gasteiger partial charge is 0.316 e. The molecular weight excluding hydrogens is 330 g/mol. The number of hydrogen-bond acceptors (Lipinski definition) is 2. The van der Waals surface area contributed by atoms with Crippen molar-refractivity contribution in [3.05, 3.63) is 57.5 Å². The first-order chi connectivity index (χ1) is 8.70. The number of nitrogens with one attached hydrogen (secondary N) is 1. The predicted molar refractivity (Wildman–Crippen MR) is 82.5 cm³/mol. The van der Waals surface area contributed by atoms with Gasteiger partial charge in [0.05, 0.1) is 5.02 Å². The van der Waals surface area contributed by atoms with E-state index in [4.69, 9.17) is 11.6 Å². The van der Waals surface area contributed by atoms with Gasteiger partial charge in [-0.05, 0) is 36.9 Å². The molecule has 1 nitrogen and oxygen atoms in total. The van der Waals surface area contributed by atoms with E-state index in [1.807, 2.05) is 31.3 Å². The molecule has 0 atom stereocenters. The van der Waals surface area contributed by atoms with Gasteiger partial charge in [-0.3, -0.25) is 0 Å². The minimum absolute atomic E-state index is 0.790. The van der Waals surface area contributed by atoms with Crippen LogP contribution in [0.5, 0.6) is 0 Å². The van der Waals surface area contributed by atoms with Gasteiger partial charge in [0.25, 0.3) is 0 Å². The van der Waals surface area contributed by atoms with E-state index in [9.17, 15) is 0 Å². The second kappa shape index (κ2) is 6.62. The highest BCUT2D eigenvalue weighted by Crippen LogP contribution is 2.36. The minimum atomic E-state index is 0.790. The van der Waals surface area contributed by atoms with Crippen LogP contribution >= 0.6 is 39.3 Å². The van der Waals surface area contributed by atoms with Gasteiger partial charge in [0, 0.05) is 20.8 Å². The van der Waals surface area contributed by atoms with Crippen molar-refractivity contribution < 1.29 is 0 Å². The highest BCUT2D eigenvalue weighted by Gasteiger charge is 2.07. The summed E-state index contributed by atoms with van der Waals surface area (Å²) >= 11 is 11.4. The van der Waals surface area contributed by atoms with E-state index in [0.29, 0.717) is 0 Å². The van der Waals surface area contributed by atoms with Gasteiger partial charge in [0.15, 0.2) is 0 Å². The molecule has 0 spiro atoms. The quantitative estimate of drug-likeness (QED) is 0.841. The van der Waals surface area contributed by atoms with Crippen LogP contribution in [0, 0.1) is 0 Å². The van der Waals surface area contributed by atoms with E-state index < -0.39 is 0 Å². The highest BCUT2D eigenvalue weighted by molar-refractivity contribution is 9.10. The summed E-state index contributed by atoms with van der Waals surface area (Å²) in [5.74, 6) is 0. The fourth-order valence-corrected chi connectivity index (χ4v) is 3.38. The molecule has 0 radical (unpaired) electrons. The van der Waals surface area contributed by atoms with Gasteiger partial charge in [0.1, 0.15) is 0 Å². The molecule has 0 aliphatic heterocycles. The normalized spacial score (nSPS) is 10.6. The Morgan fingerprint density at radius 2 is 1.94 bits per heavy atom. The third kappa shape index (κ3) is 3.51. The molecule has 0 aromatic heterocycles. The molecule has 2 aromatic carbocycles. The lowest BCUT2D eigenvalue weighted by molar-refractivity contribution is 0.803. The summed E-state index contributed by atoms with van der Waals surface area (Å²) in [6, 6.07) is 14.2. The highest BCUT2D eigenvalue weighted by atomic mass is 79.9. The van der Waals surface area contributed by atoms with Crippen molar-refractivity contribution in [2.24, 2.45) is 0 Å². The fraction of sp³-hybridized carbons (Fsp3) is 0.143. The molecule has 18 heavy (non-hydrogen) atoms. The Kier molecular flexibility index (Phi) is 5.13. The zero-order valence-electron chi connectivity index (χ0n) is 9.91. The van der Waals surface area contributed by atoms with E-state index in [2.05, 4.69) is 39.4 Å². The van der Waals surface area contributed by atoms with E-state index in [-0.39, 0.29) is 0 Å². The molecule has 0 saturated carbocycles. The Morgan fingerprint density at radius 1 is 1.17 bits per heavy atom. The number of halogens is 2. The lowest BCUT2D eigenvalue weighted by Crippen LogP contribution is -2.06. The van der Waals surface area contributed by atoms with Crippen molar-refractivity contribution >= 4 is 39.3 Å². The first kappa shape index (κ1) is 13.9. The standard InChI is InChI=1S/C14H13BrClNS/c1-17-9-10-6-7-11(15)8-14(10)18-13-5-3-2-4-12(13)16/h2-8,17H,9H2,1H3. The Labute approximate surface area is 125 Å². The summed E-state index contributed by atoms with van der Waals surface area (Å²) in [6.07, 6.45) is 0. The van der Waals surface area contributed by atoms with Crippen LogP contribution < -0.4 is 5.32 Å². The van der Waals surface area contributed by atoms with E-state index in [1.165, 1.54) is 10.5 Å². The summed E-state index contributed by atoms with van der Waals surface area (Å²) in [7, 11) is 1.95. The summed E-state index contributed by atoms with van der Waals surface area (Å²) in [4.78, 5) is 2.29. The van der Waals surface area contributed by atoms with Crippen LogP contribution in [0.1, 0.15) is 5.56 Å². The number of rotatable bonds is 4. The van der Waals surface area contributed by atoms with Crippen LogP contribution in [0.2, 0.25) is 5.02 Å². The van der Waals surface area contributed by atoms with Crippen LogP contribution in [0.3, 0.4) is 0 Å². The Balaban J connectivity index is 2.33. The molecule has 94 valence electrons. The average Bonchev–Trinajstić information content (AvgIpc) is 2.36. The molecule has 0 unspecified atom stereocenters. The van der Waals surface area contributed by atoms with Crippen molar-refractivity contribution in [1.29, 1.82) is 0 Å². The molecule has 1 N–H and O–H groups in total. The van der Waals surface area contributed by atoms with E-state index in [1.54, 1.807) is 11.8 Å². The van der Waals surface area contributed by atoms with Crippen LogP contribution in [0.4, 0.5) is 0 Å². The maximum atomic E-state index is 6.20. The maximum absolute atomic E-state index is 6.20. The third-order valence-electron chi connectivity index (χ3n) is 2.45. The Morgan fingerprint density at radius 3 is 2.67 bits per heavy atom. The van der Waals surface area contributed by atoms with Gasteiger partial charge < -0.3 is 5.32 Å². The van der Waals surface area contributed by atoms with Crippen LogP contribution in [-0.2, 0) is 6.54 Å². The smallest absolute Gasteiger partial charge is 0.0545 e. The molecule has 2 aromatic rings. The molecular formula is C14H13BrClNS. The first-order valence-electron chi connectivity index (χ1n) is 5.56. The maximum Gasteiger partial charge on any atom is 0.0545 e.